The molecule has 0 amide bonds. The second-order valence-corrected chi connectivity index (χ2v) is 3.21. The zero-order chi connectivity index (χ0) is 11.3. The molecule has 0 saturated carbocycles. The first-order valence-electron chi connectivity index (χ1n) is 4.62. The lowest BCUT2D eigenvalue weighted by molar-refractivity contribution is 0.105. The molecule has 0 bridgehead atoms. The van der Waals surface area contributed by atoms with Gasteiger partial charge in [0, 0.05) is 12.2 Å². The van der Waals surface area contributed by atoms with Crippen LogP contribution in [-0.2, 0) is 0 Å². The van der Waals surface area contributed by atoms with Gasteiger partial charge in [-0.1, -0.05) is 12.1 Å². The molecule has 15 heavy (non-hydrogen) atoms. The van der Waals surface area contributed by atoms with Crippen LogP contribution in [0.1, 0.15) is 0 Å². The van der Waals surface area contributed by atoms with E-state index in [0.717, 1.165) is 5.69 Å². The second-order valence-electron chi connectivity index (χ2n) is 3.21. The predicted octanol–water partition coefficient (Wildman–Crippen LogP) is -1.87. The molecule has 0 radical (unpaired) electrons. The molecule has 0 aliphatic rings. The van der Waals surface area contributed by atoms with Gasteiger partial charge in [0.15, 0.2) is 0 Å². The summed E-state index contributed by atoms with van der Waals surface area (Å²) in [6.07, 6.45) is -0.798. The standard InChI is InChI=1S/C9H14BNO4/c12-6-9(13)5-11-8-3-1-7(2-4-8)10(14)15/h1-4,9,11-15H,5-6H2. The van der Waals surface area contributed by atoms with Crippen molar-refractivity contribution in [2.45, 2.75) is 6.10 Å². The molecular formula is C9H14BNO4. The third kappa shape index (κ3) is 3.89. The lowest BCUT2D eigenvalue weighted by Crippen LogP contribution is -2.29. The van der Waals surface area contributed by atoms with Crippen molar-refractivity contribution in [3.05, 3.63) is 24.3 Å². The molecule has 0 aliphatic carbocycles. The third-order valence-electron chi connectivity index (χ3n) is 1.96. The summed E-state index contributed by atoms with van der Waals surface area (Å²) in [5, 5.41) is 38.2. The Morgan fingerprint density at radius 3 is 2.27 bits per heavy atom. The molecule has 82 valence electrons. The van der Waals surface area contributed by atoms with Gasteiger partial charge in [-0.25, -0.2) is 0 Å². The molecule has 1 rings (SSSR count). The van der Waals surface area contributed by atoms with Crippen molar-refractivity contribution in [2.75, 3.05) is 18.5 Å². The minimum absolute atomic E-state index is 0.248. The maximum Gasteiger partial charge on any atom is 0.488 e. The van der Waals surface area contributed by atoms with E-state index in [2.05, 4.69) is 5.32 Å². The smallest absolute Gasteiger partial charge is 0.423 e. The second kappa shape index (κ2) is 5.72. The lowest BCUT2D eigenvalue weighted by Gasteiger charge is -2.10. The van der Waals surface area contributed by atoms with Crippen molar-refractivity contribution in [2.24, 2.45) is 0 Å². The number of nitrogens with one attached hydrogen (secondary N) is 1. The Bertz CT molecular complexity index is 291. The van der Waals surface area contributed by atoms with E-state index < -0.39 is 13.2 Å². The van der Waals surface area contributed by atoms with Crippen LogP contribution in [0.2, 0.25) is 0 Å². The van der Waals surface area contributed by atoms with E-state index in [1.807, 2.05) is 0 Å². The molecule has 1 atom stereocenters. The number of benzene rings is 1. The molecule has 0 saturated heterocycles. The maximum absolute atomic E-state index is 9.07. The Kier molecular flexibility index (Phi) is 4.58. The summed E-state index contributed by atoms with van der Waals surface area (Å²) >= 11 is 0. The van der Waals surface area contributed by atoms with Crippen LogP contribution in [0.4, 0.5) is 5.69 Å². The summed E-state index contributed by atoms with van der Waals surface area (Å²) in [6, 6.07) is 6.47. The molecule has 0 fully saturated rings. The Balaban J connectivity index is 2.50. The predicted molar refractivity (Wildman–Crippen MR) is 57.8 cm³/mol. The summed E-state index contributed by atoms with van der Waals surface area (Å²) in [4.78, 5) is 0. The fourth-order valence-corrected chi connectivity index (χ4v) is 1.07. The minimum Gasteiger partial charge on any atom is -0.423 e. The molecule has 6 heteroatoms. The zero-order valence-electron chi connectivity index (χ0n) is 8.17. The van der Waals surface area contributed by atoms with Crippen LogP contribution in [0, 0.1) is 0 Å². The highest BCUT2D eigenvalue weighted by Gasteiger charge is 2.09. The van der Waals surface area contributed by atoms with Crippen LogP contribution in [0.15, 0.2) is 24.3 Å². The molecule has 1 aromatic rings. The molecule has 0 aromatic heterocycles. The molecule has 5 N–H and O–H groups in total. The Labute approximate surface area is 88.1 Å². The van der Waals surface area contributed by atoms with Crippen LogP contribution in [0.5, 0.6) is 0 Å². The molecule has 1 aromatic carbocycles. The quantitative estimate of drug-likeness (QED) is 0.368. The average Bonchev–Trinajstić information content (AvgIpc) is 2.26. The summed E-state index contributed by atoms with van der Waals surface area (Å²) in [7, 11) is -1.47. The number of anilines is 1. The average molecular weight is 211 g/mol. The number of hydrogen-bond acceptors (Lipinski definition) is 5. The van der Waals surface area contributed by atoms with Gasteiger partial charge in [0.2, 0.25) is 0 Å². The molecule has 5 nitrogen and oxygen atoms in total. The van der Waals surface area contributed by atoms with Gasteiger partial charge >= 0.3 is 7.12 Å². The van der Waals surface area contributed by atoms with Gasteiger partial charge in [0.05, 0.1) is 12.7 Å². The van der Waals surface area contributed by atoms with Crippen molar-refractivity contribution >= 4 is 18.3 Å². The fraction of sp³-hybridized carbons (Fsp3) is 0.333. The topological polar surface area (TPSA) is 93.0 Å². The minimum atomic E-state index is -1.47. The van der Waals surface area contributed by atoms with Crippen LogP contribution < -0.4 is 10.8 Å². The number of aliphatic hydroxyl groups is 2. The van der Waals surface area contributed by atoms with Gasteiger partial charge in [-0.05, 0) is 17.6 Å². The van der Waals surface area contributed by atoms with E-state index >= 15 is 0 Å². The number of rotatable bonds is 5. The van der Waals surface area contributed by atoms with E-state index in [1.54, 1.807) is 24.3 Å². The summed E-state index contributed by atoms with van der Waals surface area (Å²) in [5.41, 5.74) is 1.15. The first-order chi connectivity index (χ1) is 7.13. The fourth-order valence-electron chi connectivity index (χ4n) is 1.07. The van der Waals surface area contributed by atoms with Crippen LogP contribution >= 0.6 is 0 Å². The van der Waals surface area contributed by atoms with Crippen molar-refractivity contribution in [3.63, 3.8) is 0 Å². The van der Waals surface area contributed by atoms with Crippen LogP contribution in [-0.4, -0.2) is 46.6 Å². The largest absolute Gasteiger partial charge is 0.488 e. The van der Waals surface area contributed by atoms with E-state index in [9.17, 15) is 0 Å². The van der Waals surface area contributed by atoms with Crippen molar-refractivity contribution in [1.82, 2.24) is 0 Å². The molecule has 0 aliphatic heterocycles. The van der Waals surface area contributed by atoms with Gasteiger partial charge in [-0.15, -0.1) is 0 Å². The highest BCUT2D eigenvalue weighted by Crippen LogP contribution is 2.03. The Morgan fingerprint density at radius 1 is 1.20 bits per heavy atom. The maximum atomic E-state index is 9.07. The molecule has 0 spiro atoms. The summed E-state index contributed by atoms with van der Waals surface area (Å²) in [6.45, 7) is -0.0437. The first kappa shape index (κ1) is 12.0. The molecule has 0 heterocycles. The van der Waals surface area contributed by atoms with Gasteiger partial charge in [0.1, 0.15) is 0 Å². The SMILES string of the molecule is OCC(O)CNc1ccc(B(O)O)cc1. The third-order valence-corrected chi connectivity index (χ3v) is 1.96. The van der Waals surface area contributed by atoms with Crippen LogP contribution in [0.25, 0.3) is 0 Å². The summed E-state index contributed by atoms with van der Waals surface area (Å²) < 4.78 is 0. The Morgan fingerprint density at radius 2 is 1.80 bits per heavy atom. The van der Waals surface area contributed by atoms with Gasteiger partial charge in [0.25, 0.3) is 0 Å². The molecular weight excluding hydrogens is 197 g/mol. The van der Waals surface area contributed by atoms with E-state index in [0.29, 0.717) is 5.46 Å². The zero-order valence-corrected chi connectivity index (χ0v) is 8.17. The van der Waals surface area contributed by atoms with Gasteiger partial charge < -0.3 is 25.6 Å². The molecule has 1 unspecified atom stereocenters. The van der Waals surface area contributed by atoms with Crippen molar-refractivity contribution in [3.8, 4) is 0 Å². The van der Waals surface area contributed by atoms with Gasteiger partial charge in [-0.3, -0.25) is 0 Å². The lowest BCUT2D eigenvalue weighted by atomic mass is 9.80. The van der Waals surface area contributed by atoms with Crippen molar-refractivity contribution < 1.29 is 20.3 Å². The monoisotopic (exact) mass is 211 g/mol. The van der Waals surface area contributed by atoms with E-state index in [1.165, 1.54) is 0 Å². The van der Waals surface area contributed by atoms with E-state index in [-0.39, 0.29) is 13.2 Å². The van der Waals surface area contributed by atoms with E-state index in [4.69, 9.17) is 20.3 Å². The van der Waals surface area contributed by atoms with Gasteiger partial charge in [-0.2, -0.15) is 0 Å². The number of hydrogen-bond donors (Lipinski definition) is 5. The highest BCUT2D eigenvalue weighted by molar-refractivity contribution is 6.58. The van der Waals surface area contributed by atoms with Crippen molar-refractivity contribution in [1.29, 1.82) is 0 Å². The normalized spacial score (nSPS) is 12.3. The highest BCUT2D eigenvalue weighted by atomic mass is 16.4. The first-order valence-corrected chi connectivity index (χ1v) is 4.62. The Hall–Kier alpha value is -1.08. The number of aliphatic hydroxyl groups excluding tert-OH is 2. The van der Waals surface area contributed by atoms with Crippen LogP contribution in [0.3, 0.4) is 0 Å². The summed E-state index contributed by atoms with van der Waals surface area (Å²) in [5.74, 6) is 0.